The Morgan fingerprint density at radius 3 is 2.41 bits per heavy atom. The van der Waals surface area contributed by atoms with Gasteiger partial charge in [-0.05, 0) is 24.3 Å². The van der Waals surface area contributed by atoms with Gasteiger partial charge in [-0.2, -0.15) is 0 Å². The molecule has 29 heavy (non-hydrogen) atoms. The summed E-state index contributed by atoms with van der Waals surface area (Å²) < 4.78 is 0. The number of aromatic nitrogens is 1. The Labute approximate surface area is 179 Å². The zero-order valence-corrected chi connectivity index (χ0v) is 17.4. The number of anilines is 2. The van der Waals surface area contributed by atoms with E-state index in [1.54, 1.807) is 26.0 Å². The van der Waals surface area contributed by atoms with E-state index in [1.807, 2.05) is 0 Å². The fourth-order valence-electron chi connectivity index (χ4n) is 2.84. The van der Waals surface area contributed by atoms with Crippen LogP contribution in [0, 0.1) is 16.0 Å². The number of fused-ring (bicyclic) bond motifs is 1. The predicted molar refractivity (Wildman–Crippen MR) is 115 cm³/mol. The van der Waals surface area contributed by atoms with E-state index in [2.05, 4.69) is 10.3 Å². The summed E-state index contributed by atoms with van der Waals surface area (Å²) in [5.74, 6) is -1.02. The number of aromatic amines is 1. The van der Waals surface area contributed by atoms with Crippen LogP contribution in [-0.2, 0) is 0 Å². The van der Waals surface area contributed by atoms with Crippen LogP contribution < -0.4 is 10.7 Å². The summed E-state index contributed by atoms with van der Waals surface area (Å²) in [5, 5.41) is 14.8. The maximum Gasteiger partial charge on any atom is 0.282 e. The second-order valence-corrected chi connectivity index (χ2v) is 7.80. The van der Waals surface area contributed by atoms with E-state index in [1.165, 1.54) is 12.1 Å². The molecule has 0 bridgehead atoms. The molecule has 2 N–H and O–H groups in total. The Morgan fingerprint density at radius 2 is 1.79 bits per heavy atom. The summed E-state index contributed by atoms with van der Waals surface area (Å²) in [6.07, 6.45) is 0. The van der Waals surface area contributed by atoms with Gasteiger partial charge in [0.05, 0.1) is 26.2 Å². The van der Waals surface area contributed by atoms with Crippen LogP contribution >= 0.6 is 34.8 Å². The van der Waals surface area contributed by atoms with Gasteiger partial charge >= 0.3 is 0 Å². The number of benzene rings is 2. The third-order valence-electron chi connectivity index (χ3n) is 4.24. The fraction of sp³-hybridized carbons (Fsp3) is 0.158. The first-order valence-electron chi connectivity index (χ1n) is 8.41. The number of ketones is 1. The number of Topliss-reactive ketones (excluding diaryl/α,β-unsaturated/α-hetero) is 1. The number of halogens is 3. The van der Waals surface area contributed by atoms with E-state index in [4.69, 9.17) is 34.8 Å². The average molecular weight is 455 g/mol. The van der Waals surface area contributed by atoms with Crippen molar-refractivity contribution < 1.29 is 9.72 Å². The number of nitrogens with one attached hydrogen (secondary N) is 2. The molecular weight excluding hydrogens is 441 g/mol. The maximum absolute atomic E-state index is 13.2. The smallest absolute Gasteiger partial charge is 0.282 e. The number of hydrogen-bond donors (Lipinski definition) is 2. The van der Waals surface area contributed by atoms with Crippen molar-refractivity contribution in [2.24, 2.45) is 5.92 Å². The first kappa shape index (κ1) is 21.1. The molecule has 0 saturated carbocycles. The summed E-state index contributed by atoms with van der Waals surface area (Å²) in [4.78, 5) is 39.6. The summed E-state index contributed by atoms with van der Waals surface area (Å²) >= 11 is 18.4. The van der Waals surface area contributed by atoms with Crippen LogP contribution in [0.25, 0.3) is 10.9 Å². The van der Waals surface area contributed by atoms with Crippen LogP contribution in [0.1, 0.15) is 24.2 Å². The highest BCUT2D eigenvalue weighted by Gasteiger charge is 2.27. The SMILES string of the molecule is CC(C)C(=O)c1c(Nc2cc(Cl)ccc2Cl)[nH]c2c(Cl)ccc([N+](=O)[O-])c2c1=O. The first-order chi connectivity index (χ1) is 13.6. The summed E-state index contributed by atoms with van der Waals surface area (Å²) in [6.45, 7) is 3.24. The molecule has 0 radical (unpaired) electrons. The van der Waals surface area contributed by atoms with Crippen molar-refractivity contribution in [3.63, 3.8) is 0 Å². The molecule has 0 fully saturated rings. The highest BCUT2D eigenvalue weighted by molar-refractivity contribution is 6.36. The van der Waals surface area contributed by atoms with Gasteiger partial charge in [-0.15, -0.1) is 0 Å². The molecule has 0 aliphatic heterocycles. The molecule has 0 unspecified atom stereocenters. The van der Waals surface area contributed by atoms with Crippen LogP contribution in [-0.4, -0.2) is 15.7 Å². The second kappa shape index (κ2) is 8.02. The monoisotopic (exact) mass is 453 g/mol. The molecule has 0 aliphatic rings. The van der Waals surface area contributed by atoms with Gasteiger partial charge in [-0.25, -0.2) is 0 Å². The average Bonchev–Trinajstić information content (AvgIpc) is 2.65. The Kier molecular flexibility index (Phi) is 5.84. The lowest BCUT2D eigenvalue weighted by molar-refractivity contribution is -0.383. The molecule has 10 heteroatoms. The fourth-order valence-corrected chi connectivity index (χ4v) is 3.38. The van der Waals surface area contributed by atoms with Gasteiger partial charge in [0.2, 0.25) is 5.43 Å². The van der Waals surface area contributed by atoms with Gasteiger partial charge in [0, 0.05) is 17.0 Å². The van der Waals surface area contributed by atoms with Gasteiger partial charge in [-0.3, -0.25) is 19.7 Å². The Hall–Kier alpha value is -2.61. The Bertz CT molecular complexity index is 1220. The summed E-state index contributed by atoms with van der Waals surface area (Å²) in [5.41, 5.74) is -1.13. The van der Waals surface area contributed by atoms with Crippen molar-refractivity contribution in [3.8, 4) is 0 Å². The summed E-state index contributed by atoms with van der Waals surface area (Å²) in [6, 6.07) is 7.08. The molecule has 0 amide bonds. The molecule has 150 valence electrons. The number of carbonyl (C=O) groups excluding carboxylic acids is 1. The zero-order chi connectivity index (χ0) is 21.5. The molecular formula is C19H14Cl3N3O4. The van der Waals surface area contributed by atoms with Gasteiger partial charge < -0.3 is 10.3 Å². The standard InChI is InChI=1S/C19H14Cl3N3O4/c1-8(2)17(26)15-18(27)14-13(25(28)29)6-5-11(22)16(14)24-19(15)23-12-7-9(20)3-4-10(12)21/h3-8H,1-2H3,(H2,23,24,27). The number of non-ortho nitro benzene ring substituents is 1. The number of nitrogens with zero attached hydrogens (tertiary/aromatic N) is 1. The van der Waals surface area contributed by atoms with Crippen molar-refractivity contribution in [1.82, 2.24) is 4.98 Å². The number of nitro groups is 1. The Balaban J connectivity index is 2.39. The van der Waals surface area contributed by atoms with E-state index in [0.717, 1.165) is 6.07 Å². The maximum atomic E-state index is 13.2. The lowest BCUT2D eigenvalue weighted by Crippen LogP contribution is -2.23. The molecule has 1 aromatic heterocycles. The number of rotatable bonds is 5. The highest BCUT2D eigenvalue weighted by Crippen LogP contribution is 2.33. The summed E-state index contributed by atoms with van der Waals surface area (Å²) in [7, 11) is 0. The van der Waals surface area contributed by atoms with Crippen LogP contribution in [0.4, 0.5) is 17.2 Å². The number of hydrogen-bond acceptors (Lipinski definition) is 5. The van der Waals surface area contributed by atoms with Gasteiger partial charge in [0.15, 0.2) is 5.78 Å². The largest absolute Gasteiger partial charge is 0.340 e. The topological polar surface area (TPSA) is 105 Å². The predicted octanol–water partition coefficient (Wildman–Crippen LogP) is 5.98. The molecule has 7 nitrogen and oxygen atoms in total. The minimum atomic E-state index is -0.799. The van der Waals surface area contributed by atoms with Crippen molar-refractivity contribution in [2.75, 3.05) is 5.32 Å². The minimum absolute atomic E-state index is 0.0211. The van der Waals surface area contributed by atoms with Crippen LogP contribution in [0.2, 0.25) is 15.1 Å². The van der Waals surface area contributed by atoms with Gasteiger partial charge in [-0.1, -0.05) is 48.7 Å². The minimum Gasteiger partial charge on any atom is -0.340 e. The number of H-pyrrole nitrogens is 1. The van der Waals surface area contributed by atoms with Gasteiger partial charge in [0.1, 0.15) is 16.8 Å². The zero-order valence-electron chi connectivity index (χ0n) is 15.2. The quantitative estimate of drug-likeness (QED) is 0.280. The van der Waals surface area contributed by atoms with Crippen molar-refractivity contribution in [1.29, 1.82) is 0 Å². The van der Waals surface area contributed by atoms with Crippen molar-refractivity contribution in [2.45, 2.75) is 13.8 Å². The van der Waals surface area contributed by atoms with E-state index < -0.39 is 27.7 Å². The van der Waals surface area contributed by atoms with E-state index in [9.17, 15) is 19.7 Å². The molecule has 1 heterocycles. The number of carbonyl (C=O) groups is 1. The molecule has 3 rings (SSSR count). The molecule has 3 aromatic rings. The van der Waals surface area contributed by atoms with Crippen LogP contribution in [0.3, 0.4) is 0 Å². The van der Waals surface area contributed by atoms with Crippen LogP contribution in [0.15, 0.2) is 35.1 Å². The number of pyridine rings is 1. The highest BCUT2D eigenvalue weighted by atomic mass is 35.5. The third-order valence-corrected chi connectivity index (χ3v) is 5.12. The molecule has 0 spiro atoms. The van der Waals surface area contributed by atoms with Crippen molar-refractivity contribution in [3.05, 3.63) is 71.3 Å². The Morgan fingerprint density at radius 1 is 1.14 bits per heavy atom. The molecule has 0 atom stereocenters. The van der Waals surface area contributed by atoms with Crippen molar-refractivity contribution >= 4 is 68.7 Å². The van der Waals surface area contributed by atoms with Gasteiger partial charge in [0.25, 0.3) is 5.69 Å². The van der Waals surface area contributed by atoms with E-state index in [-0.39, 0.29) is 27.3 Å². The third kappa shape index (κ3) is 3.94. The normalized spacial score (nSPS) is 11.1. The molecule has 2 aromatic carbocycles. The molecule has 0 aliphatic carbocycles. The van der Waals surface area contributed by atoms with Crippen LogP contribution in [0.5, 0.6) is 0 Å². The van der Waals surface area contributed by atoms with E-state index in [0.29, 0.717) is 15.7 Å². The molecule has 0 saturated heterocycles. The van der Waals surface area contributed by atoms with E-state index >= 15 is 0 Å². The lowest BCUT2D eigenvalue weighted by atomic mass is 9.98. The number of nitro benzene ring substituents is 1. The first-order valence-corrected chi connectivity index (χ1v) is 9.54. The lowest BCUT2D eigenvalue weighted by Gasteiger charge is -2.15. The second-order valence-electron chi connectivity index (χ2n) is 6.55.